The average molecular weight is 276 g/mol. The lowest BCUT2D eigenvalue weighted by atomic mass is 9.94. The number of hydrogen-bond donors (Lipinski definition) is 0. The molecule has 0 aliphatic heterocycles. The number of carbonyl (C=O) groups excluding carboxylic acids is 2. The van der Waals surface area contributed by atoms with Gasteiger partial charge in [0.25, 0.3) is 5.78 Å². The summed E-state index contributed by atoms with van der Waals surface area (Å²) in [5.74, 6) is -0.180. The summed E-state index contributed by atoms with van der Waals surface area (Å²) >= 11 is 0. The number of rotatable bonds is 5. The van der Waals surface area contributed by atoms with E-state index in [0.717, 1.165) is 24.2 Å². The van der Waals surface area contributed by atoms with E-state index in [-0.39, 0.29) is 6.61 Å². The van der Waals surface area contributed by atoms with Crippen LogP contribution in [0.3, 0.4) is 0 Å². The van der Waals surface area contributed by atoms with E-state index in [1.807, 2.05) is 0 Å². The summed E-state index contributed by atoms with van der Waals surface area (Å²) in [5, 5.41) is 0. The highest BCUT2D eigenvalue weighted by molar-refractivity contribution is 6.40. The first-order chi connectivity index (χ1) is 9.67. The first-order valence-electron chi connectivity index (χ1n) is 7.06. The Morgan fingerprint density at radius 2 is 1.95 bits per heavy atom. The van der Waals surface area contributed by atoms with Gasteiger partial charge in [-0.05, 0) is 49.4 Å². The van der Waals surface area contributed by atoms with Crippen molar-refractivity contribution in [3.05, 3.63) is 29.3 Å². The summed E-state index contributed by atoms with van der Waals surface area (Å²) in [6, 6.07) is 5.17. The highest BCUT2D eigenvalue weighted by Crippen LogP contribution is 2.39. The molecule has 0 N–H and O–H groups in total. The van der Waals surface area contributed by atoms with Gasteiger partial charge in [0.15, 0.2) is 0 Å². The van der Waals surface area contributed by atoms with Gasteiger partial charge in [0.2, 0.25) is 0 Å². The number of ether oxygens (including phenoxy) is 2. The predicted octanol–water partition coefficient (Wildman–Crippen LogP) is 3.10. The quantitative estimate of drug-likeness (QED) is 0.471. The molecule has 0 heterocycles. The van der Waals surface area contributed by atoms with Gasteiger partial charge in [-0.2, -0.15) is 0 Å². The van der Waals surface area contributed by atoms with E-state index in [0.29, 0.717) is 11.5 Å². The zero-order valence-corrected chi connectivity index (χ0v) is 12.0. The smallest absolute Gasteiger partial charge is 0.379 e. The third-order valence-corrected chi connectivity index (χ3v) is 3.75. The van der Waals surface area contributed by atoms with Crippen molar-refractivity contribution in [2.24, 2.45) is 0 Å². The van der Waals surface area contributed by atoms with Crippen molar-refractivity contribution in [2.75, 3.05) is 13.7 Å². The van der Waals surface area contributed by atoms with Crippen molar-refractivity contribution in [1.29, 1.82) is 0 Å². The van der Waals surface area contributed by atoms with E-state index < -0.39 is 11.8 Å². The lowest BCUT2D eigenvalue weighted by molar-refractivity contribution is -0.137. The van der Waals surface area contributed by atoms with E-state index in [1.165, 1.54) is 12.8 Å². The molecule has 0 radical (unpaired) electrons. The van der Waals surface area contributed by atoms with Crippen molar-refractivity contribution < 1.29 is 19.1 Å². The molecular formula is C16H20O4. The highest BCUT2D eigenvalue weighted by atomic mass is 16.5. The van der Waals surface area contributed by atoms with Crippen LogP contribution in [-0.2, 0) is 9.53 Å². The van der Waals surface area contributed by atoms with Crippen LogP contribution in [0.15, 0.2) is 18.2 Å². The molecule has 0 spiro atoms. The van der Waals surface area contributed by atoms with Crippen molar-refractivity contribution in [3.63, 3.8) is 0 Å². The zero-order chi connectivity index (χ0) is 14.5. The standard InChI is InChI=1S/C16H20O4/c1-3-20-16(18)15(17)12-8-9-14(19-2)13(10-12)11-6-4-5-7-11/h8-11H,3-7H2,1-2H3. The van der Waals surface area contributed by atoms with Crippen LogP contribution >= 0.6 is 0 Å². The van der Waals surface area contributed by atoms with Crippen molar-refractivity contribution in [3.8, 4) is 5.75 Å². The van der Waals surface area contributed by atoms with Gasteiger partial charge in [0, 0.05) is 5.56 Å². The summed E-state index contributed by atoms with van der Waals surface area (Å²) in [7, 11) is 1.63. The molecule has 1 aromatic rings. The summed E-state index contributed by atoms with van der Waals surface area (Å²) in [6.45, 7) is 1.89. The Kier molecular flexibility index (Phi) is 4.77. The van der Waals surface area contributed by atoms with Gasteiger partial charge in [0.05, 0.1) is 13.7 Å². The molecule has 108 valence electrons. The number of ketones is 1. The molecule has 1 aliphatic rings. The van der Waals surface area contributed by atoms with E-state index in [2.05, 4.69) is 0 Å². The maximum atomic E-state index is 12.0. The molecule has 4 heteroatoms. The minimum Gasteiger partial charge on any atom is -0.496 e. The minimum absolute atomic E-state index is 0.205. The Balaban J connectivity index is 2.29. The van der Waals surface area contributed by atoms with Crippen molar-refractivity contribution in [2.45, 2.75) is 38.5 Å². The van der Waals surface area contributed by atoms with E-state index in [4.69, 9.17) is 9.47 Å². The van der Waals surface area contributed by atoms with Crippen molar-refractivity contribution >= 4 is 11.8 Å². The normalized spacial score (nSPS) is 15.1. The molecule has 1 saturated carbocycles. The van der Waals surface area contributed by atoms with Crippen LogP contribution in [-0.4, -0.2) is 25.5 Å². The Morgan fingerprint density at radius 1 is 1.25 bits per heavy atom. The van der Waals surface area contributed by atoms with Gasteiger partial charge in [-0.15, -0.1) is 0 Å². The summed E-state index contributed by atoms with van der Waals surface area (Å²) in [6.07, 6.45) is 4.61. The number of hydrogen-bond acceptors (Lipinski definition) is 4. The molecule has 0 atom stereocenters. The number of Topliss-reactive ketones (excluding diaryl/α,β-unsaturated/α-hetero) is 1. The maximum absolute atomic E-state index is 12.0. The largest absolute Gasteiger partial charge is 0.496 e. The second-order valence-electron chi connectivity index (χ2n) is 4.99. The summed E-state index contributed by atoms with van der Waals surface area (Å²) < 4.78 is 10.1. The molecule has 0 saturated heterocycles. The first-order valence-corrected chi connectivity index (χ1v) is 7.06. The van der Waals surface area contributed by atoms with Gasteiger partial charge >= 0.3 is 5.97 Å². The Labute approximate surface area is 119 Å². The molecule has 20 heavy (non-hydrogen) atoms. The number of esters is 1. The number of methoxy groups -OCH3 is 1. The van der Waals surface area contributed by atoms with Gasteiger partial charge in [-0.25, -0.2) is 4.79 Å². The predicted molar refractivity (Wildman–Crippen MR) is 75.2 cm³/mol. The third kappa shape index (κ3) is 3.00. The molecule has 1 fully saturated rings. The Morgan fingerprint density at radius 3 is 2.55 bits per heavy atom. The summed E-state index contributed by atoms with van der Waals surface area (Å²) in [4.78, 5) is 23.5. The zero-order valence-electron chi connectivity index (χ0n) is 12.0. The van der Waals surface area contributed by atoms with E-state index in [9.17, 15) is 9.59 Å². The average Bonchev–Trinajstić information content (AvgIpc) is 3.00. The number of carbonyl (C=O) groups is 2. The Bertz CT molecular complexity index is 501. The topological polar surface area (TPSA) is 52.6 Å². The molecule has 4 nitrogen and oxygen atoms in total. The maximum Gasteiger partial charge on any atom is 0.379 e. The van der Waals surface area contributed by atoms with Crippen LogP contribution in [0.1, 0.15) is 54.4 Å². The van der Waals surface area contributed by atoms with Crippen LogP contribution < -0.4 is 4.74 Å². The molecule has 0 amide bonds. The second kappa shape index (κ2) is 6.55. The Hall–Kier alpha value is -1.84. The van der Waals surface area contributed by atoms with Crippen LogP contribution in [0.25, 0.3) is 0 Å². The van der Waals surface area contributed by atoms with E-state index >= 15 is 0 Å². The highest BCUT2D eigenvalue weighted by Gasteiger charge is 2.24. The molecule has 0 aromatic heterocycles. The van der Waals surface area contributed by atoms with Gasteiger partial charge < -0.3 is 9.47 Å². The summed E-state index contributed by atoms with van der Waals surface area (Å²) in [5.41, 5.74) is 1.41. The fourth-order valence-corrected chi connectivity index (χ4v) is 2.75. The van der Waals surface area contributed by atoms with Crippen molar-refractivity contribution in [1.82, 2.24) is 0 Å². The lowest BCUT2D eigenvalue weighted by Gasteiger charge is -2.15. The SMILES string of the molecule is CCOC(=O)C(=O)c1ccc(OC)c(C2CCCC2)c1. The van der Waals surface area contributed by atoms with Gasteiger partial charge in [-0.3, -0.25) is 4.79 Å². The van der Waals surface area contributed by atoms with Crippen LogP contribution in [0.4, 0.5) is 0 Å². The minimum atomic E-state index is -0.796. The lowest BCUT2D eigenvalue weighted by Crippen LogP contribution is -2.18. The van der Waals surface area contributed by atoms with Crippen LogP contribution in [0, 0.1) is 0 Å². The fourth-order valence-electron chi connectivity index (χ4n) is 2.75. The molecule has 2 rings (SSSR count). The molecule has 1 aliphatic carbocycles. The first kappa shape index (κ1) is 14.6. The monoisotopic (exact) mass is 276 g/mol. The second-order valence-corrected chi connectivity index (χ2v) is 4.99. The number of benzene rings is 1. The molecular weight excluding hydrogens is 256 g/mol. The molecule has 0 unspecified atom stereocenters. The van der Waals surface area contributed by atoms with Crippen LogP contribution in [0.2, 0.25) is 0 Å². The third-order valence-electron chi connectivity index (χ3n) is 3.75. The molecule has 0 bridgehead atoms. The molecule has 1 aromatic carbocycles. The van der Waals surface area contributed by atoms with Gasteiger partial charge in [-0.1, -0.05) is 12.8 Å². The fraction of sp³-hybridized carbons (Fsp3) is 0.500. The van der Waals surface area contributed by atoms with Crippen LogP contribution in [0.5, 0.6) is 5.75 Å². The van der Waals surface area contributed by atoms with E-state index in [1.54, 1.807) is 32.2 Å². The van der Waals surface area contributed by atoms with Gasteiger partial charge in [0.1, 0.15) is 5.75 Å².